The maximum Gasteiger partial charge on any atom is 0.0113 e. The number of rotatable bonds is 6. The van der Waals surface area contributed by atoms with E-state index in [0.29, 0.717) is 0 Å². The van der Waals surface area contributed by atoms with E-state index in [0.717, 1.165) is 6.54 Å². The van der Waals surface area contributed by atoms with Gasteiger partial charge in [0.15, 0.2) is 0 Å². The van der Waals surface area contributed by atoms with Crippen LogP contribution in [0.4, 0.5) is 0 Å². The average molecular weight is 207 g/mol. The fourth-order valence-electron chi connectivity index (χ4n) is 1.38. The van der Waals surface area contributed by atoms with Gasteiger partial charge in [0.05, 0.1) is 0 Å². The lowest BCUT2D eigenvalue weighted by Gasteiger charge is -2.10. The Morgan fingerprint density at radius 1 is 1.00 bits per heavy atom. The smallest absolute Gasteiger partial charge is 0.0113 e. The maximum absolute atomic E-state index is 4.98. The summed E-state index contributed by atoms with van der Waals surface area (Å²) >= 11 is 0. The zero-order chi connectivity index (χ0) is 10.9. The number of nitrogens with one attached hydrogen (secondary N) is 2. The molecular formula is C12H21N3. The largest absolute Gasteiger partial charge is 0.258 e. The van der Waals surface area contributed by atoms with Crippen molar-refractivity contribution < 1.29 is 0 Å². The van der Waals surface area contributed by atoms with Gasteiger partial charge >= 0.3 is 0 Å². The van der Waals surface area contributed by atoms with E-state index in [2.05, 4.69) is 42.1 Å². The van der Waals surface area contributed by atoms with Crippen LogP contribution in [-0.2, 0) is 0 Å². The lowest BCUT2D eigenvalue weighted by molar-refractivity contribution is 0.520. The first kappa shape index (κ1) is 12.2. The molecule has 2 aliphatic rings. The first-order chi connectivity index (χ1) is 7.38. The Labute approximate surface area is 92.0 Å². The summed E-state index contributed by atoms with van der Waals surface area (Å²) in [6.07, 6.45) is 5.12. The van der Waals surface area contributed by atoms with Crippen molar-refractivity contribution in [2.45, 2.75) is 32.6 Å². The highest BCUT2D eigenvalue weighted by Crippen LogP contribution is 2.29. The van der Waals surface area contributed by atoms with Gasteiger partial charge in [0.25, 0.3) is 0 Å². The fourth-order valence-corrected chi connectivity index (χ4v) is 1.38. The molecule has 0 bridgehead atoms. The summed E-state index contributed by atoms with van der Waals surface area (Å²) in [4.78, 5) is 0. The van der Waals surface area contributed by atoms with Gasteiger partial charge in [-0.2, -0.15) is 5.53 Å². The number of fused-ring (bicyclic) bond motifs is 1. The Morgan fingerprint density at radius 2 is 1.60 bits per heavy atom. The molecule has 0 saturated heterocycles. The van der Waals surface area contributed by atoms with Crippen molar-refractivity contribution in [2.24, 2.45) is 5.84 Å². The molecule has 0 atom stereocenters. The van der Waals surface area contributed by atoms with Gasteiger partial charge in [-0.05, 0) is 17.5 Å². The van der Waals surface area contributed by atoms with Crippen LogP contribution in [0.2, 0.25) is 0 Å². The molecule has 0 aliphatic heterocycles. The summed E-state index contributed by atoms with van der Waals surface area (Å²) in [7, 11) is 0. The summed E-state index contributed by atoms with van der Waals surface area (Å²) < 4.78 is 0. The second-order valence-corrected chi connectivity index (χ2v) is 3.71. The Morgan fingerprint density at radius 3 is 1.93 bits per heavy atom. The van der Waals surface area contributed by atoms with E-state index in [1.165, 1.54) is 36.8 Å². The number of nitrogens with two attached hydrogens (primary N) is 1. The molecule has 0 heterocycles. The molecule has 0 radical (unpaired) electrons. The highest BCUT2D eigenvalue weighted by molar-refractivity contribution is 5.75. The molecule has 0 aromatic carbocycles. The number of hydrazine groups is 2. The van der Waals surface area contributed by atoms with E-state index in [1.807, 2.05) is 0 Å². The lowest BCUT2D eigenvalue weighted by Crippen LogP contribution is -2.38. The molecule has 15 heavy (non-hydrogen) atoms. The SMILES string of the molecule is CCCCCCNNN.c1cc2ccc1-2. The minimum atomic E-state index is 0.969. The van der Waals surface area contributed by atoms with Gasteiger partial charge < -0.3 is 0 Å². The van der Waals surface area contributed by atoms with Crippen LogP contribution in [0.25, 0.3) is 11.1 Å². The fraction of sp³-hybridized carbons (Fsp3) is 0.500. The van der Waals surface area contributed by atoms with Crippen LogP contribution in [0.1, 0.15) is 32.6 Å². The topological polar surface area (TPSA) is 50.1 Å². The first-order valence-electron chi connectivity index (χ1n) is 5.67. The third-order valence-corrected chi connectivity index (χ3v) is 2.48. The number of unbranched alkanes of at least 4 members (excludes halogenated alkanes) is 3. The molecule has 2 rings (SSSR count). The van der Waals surface area contributed by atoms with Crippen molar-refractivity contribution in [3.63, 3.8) is 0 Å². The van der Waals surface area contributed by atoms with Crippen molar-refractivity contribution in [3.05, 3.63) is 24.3 Å². The standard InChI is InChI=1S/C6H17N3.C6H4/c1-2-3-4-5-6-8-9-7;1-2-6-4-3-5(1)6/h8-9H,2-7H2,1H3;1-4H. The second-order valence-electron chi connectivity index (χ2n) is 3.71. The van der Waals surface area contributed by atoms with Crippen LogP contribution in [0, 0.1) is 0 Å². The quantitative estimate of drug-likeness (QED) is 0.387. The van der Waals surface area contributed by atoms with Gasteiger partial charge in [-0.3, -0.25) is 5.84 Å². The minimum absolute atomic E-state index is 0.969. The predicted octanol–water partition coefficient (Wildman–Crippen LogP) is 2.20. The third kappa shape index (κ3) is 4.42. The first-order valence-corrected chi connectivity index (χ1v) is 5.67. The highest BCUT2D eigenvalue weighted by Gasteiger charge is 2.03. The molecule has 3 nitrogen and oxygen atoms in total. The van der Waals surface area contributed by atoms with Crippen molar-refractivity contribution in [1.82, 2.24) is 11.0 Å². The Bertz CT molecular complexity index is 229. The molecule has 0 fully saturated rings. The third-order valence-electron chi connectivity index (χ3n) is 2.48. The number of hydrogen-bond acceptors (Lipinski definition) is 3. The van der Waals surface area contributed by atoms with Crippen LogP contribution in [0.15, 0.2) is 24.3 Å². The summed E-state index contributed by atoms with van der Waals surface area (Å²) in [5, 5.41) is 0. The van der Waals surface area contributed by atoms with Crippen LogP contribution in [0.5, 0.6) is 0 Å². The molecule has 0 amide bonds. The van der Waals surface area contributed by atoms with E-state index >= 15 is 0 Å². The van der Waals surface area contributed by atoms with Crippen molar-refractivity contribution >= 4 is 0 Å². The van der Waals surface area contributed by atoms with Gasteiger partial charge in [0.2, 0.25) is 0 Å². The summed E-state index contributed by atoms with van der Waals surface area (Å²) in [6, 6.07) is 8.48. The lowest BCUT2D eigenvalue weighted by atomic mass is 9.95. The Hall–Kier alpha value is -0.900. The Kier molecular flexibility index (Phi) is 6.00. The molecule has 0 saturated carbocycles. The van der Waals surface area contributed by atoms with E-state index < -0.39 is 0 Å². The van der Waals surface area contributed by atoms with Crippen molar-refractivity contribution in [2.75, 3.05) is 6.54 Å². The zero-order valence-electron chi connectivity index (χ0n) is 9.42. The van der Waals surface area contributed by atoms with E-state index in [4.69, 9.17) is 5.84 Å². The molecule has 0 aromatic heterocycles. The van der Waals surface area contributed by atoms with Gasteiger partial charge in [0.1, 0.15) is 0 Å². The molecular weight excluding hydrogens is 186 g/mol. The van der Waals surface area contributed by atoms with Crippen LogP contribution in [-0.4, -0.2) is 6.54 Å². The van der Waals surface area contributed by atoms with E-state index in [-0.39, 0.29) is 0 Å². The second kappa shape index (κ2) is 7.40. The number of hydrogen-bond donors (Lipinski definition) is 3. The van der Waals surface area contributed by atoms with Crippen molar-refractivity contribution in [1.29, 1.82) is 0 Å². The zero-order valence-corrected chi connectivity index (χ0v) is 9.42. The Balaban J connectivity index is 0.000000158. The van der Waals surface area contributed by atoms with Gasteiger partial charge in [-0.15, -0.1) is 0 Å². The van der Waals surface area contributed by atoms with Gasteiger partial charge in [-0.25, -0.2) is 5.43 Å². The molecule has 3 heteroatoms. The van der Waals surface area contributed by atoms with Gasteiger partial charge in [0, 0.05) is 6.54 Å². The average Bonchev–Trinajstić information content (AvgIpc) is 2.24. The normalized spacial score (nSPS) is 10.5. The highest BCUT2D eigenvalue weighted by atomic mass is 15.5. The molecule has 4 N–H and O–H groups in total. The molecule has 0 unspecified atom stereocenters. The van der Waals surface area contributed by atoms with Crippen LogP contribution >= 0.6 is 0 Å². The minimum Gasteiger partial charge on any atom is -0.258 e. The van der Waals surface area contributed by atoms with Crippen molar-refractivity contribution in [3.8, 4) is 11.1 Å². The van der Waals surface area contributed by atoms with Crippen LogP contribution < -0.4 is 16.8 Å². The molecule has 0 aromatic rings. The van der Waals surface area contributed by atoms with Crippen LogP contribution in [0.3, 0.4) is 0 Å². The molecule has 2 aliphatic carbocycles. The van der Waals surface area contributed by atoms with E-state index in [9.17, 15) is 0 Å². The predicted molar refractivity (Wildman–Crippen MR) is 64.9 cm³/mol. The monoisotopic (exact) mass is 207 g/mol. The molecule has 0 spiro atoms. The summed E-state index contributed by atoms with van der Waals surface area (Å²) in [5.74, 6) is 4.98. The van der Waals surface area contributed by atoms with E-state index in [1.54, 1.807) is 0 Å². The number of benzene rings is 1. The molecule has 84 valence electrons. The summed E-state index contributed by atoms with van der Waals surface area (Å²) in [6.45, 7) is 3.17. The van der Waals surface area contributed by atoms with Gasteiger partial charge in [-0.1, -0.05) is 50.5 Å². The summed E-state index contributed by atoms with van der Waals surface area (Å²) in [5.41, 5.74) is 8.08. The maximum atomic E-state index is 4.98.